The van der Waals surface area contributed by atoms with E-state index in [9.17, 15) is 19.2 Å². The number of aryl methyl sites for hydroxylation is 4. The second-order valence-corrected chi connectivity index (χ2v) is 12.2. The summed E-state index contributed by atoms with van der Waals surface area (Å²) in [5, 5.41) is 22.0. The first-order valence-corrected chi connectivity index (χ1v) is 15.7. The maximum atomic E-state index is 12.9. The van der Waals surface area contributed by atoms with Crippen LogP contribution < -0.4 is 10.6 Å². The molecule has 0 aliphatic heterocycles. The lowest BCUT2D eigenvalue weighted by atomic mass is 10.0. The van der Waals surface area contributed by atoms with Gasteiger partial charge in [0, 0.05) is 11.4 Å². The minimum atomic E-state index is -1.40. The molecule has 4 aromatic carbocycles. The molecule has 0 aliphatic carbocycles. The number of azo groups is 2. The quantitative estimate of drug-likeness (QED) is 0.120. The molecule has 0 spiro atoms. The Labute approximate surface area is 288 Å². The molecule has 2 atom stereocenters. The largest absolute Gasteiger partial charge is 0.324 e. The molecule has 0 fully saturated rings. The Hall–Kier alpha value is -5.06. The van der Waals surface area contributed by atoms with Crippen molar-refractivity contribution in [3.8, 4) is 11.1 Å². The van der Waals surface area contributed by atoms with E-state index in [-0.39, 0.29) is 15.7 Å². The van der Waals surface area contributed by atoms with Gasteiger partial charge in [-0.05, 0) is 111 Å². The predicted molar refractivity (Wildman–Crippen MR) is 189 cm³/mol. The van der Waals surface area contributed by atoms with Crippen molar-refractivity contribution in [1.29, 1.82) is 0 Å². The number of carbonyl (C=O) groups excluding carboxylic acids is 4. The molecular weight excluding hydrogens is 651 g/mol. The van der Waals surface area contributed by atoms with Crippen LogP contribution in [0.4, 0.5) is 22.7 Å². The van der Waals surface area contributed by atoms with Gasteiger partial charge >= 0.3 is 0 Å². The van der Waals surface area contributed by atoms with Crippen molar-refractivity contribution in [3.63, 3.8) is 0 Å². The summed E-state index contributed by atoms with van der Waals surface area (Å²) in [6.07, 6.45) is 0. The van der Waals surface area contributed by atoms with E-state index in [2.05, 4.69) is 31.1 Å². The Kier molecular flexibility index (Phi) is 11.7. The first kappa shape index (κ1) is 35.8. The van der Waals surface area contributed by atoms with Gasteiger partial charge in [0.1, 0.15) is 5.69 Å². The van der Waals surface area contributed by atoms with E-state index in [4.69, 9.17) is 23.2 Å². The molecule has 0 heterocycles. The van der Waals surface area contributed by atoms with Gasteiger partial charge in [0.05, 0.1) is 15.7 Å². The molecule has 12 heteroatoms. The smallest absolute Gasteiger partial charge is 0.258 e. The topological polar surface area (TPSA) is 142 Å². The zero-order chi connectivity index (χ0) is 35.1. The molecule has 246 valence electrons. The fraction of sp³-hybridized carbons (Fsp3) is 0.222. The molecule has 10 nitrogen and oxygen atoms in total. The first-order valence-electron chi connectivity index (χ1n) is 14.9. The van der Waals surface area contributed by atoms with Gasteiger partial charge in [-0.25, -0.2) is 0 Å². The molecular formula is C36H34Cl2N6O4. The maximum Gasteiger partial charge on any atom is 0.258 e. The summed E-state index contributed by atoms with van der Waals surface area (Å²) in [7, 11) is 0. The van der Waals surface area contributed by atoms with Crippen LogP contribution >= 0.6 is 23.2 Å². The SMILES string of the molecule is CC(=O)C(N=Nc1ccc(-c2cc(Cl)c(N=NC(C(C)=O)C(=O)Nc3cc(C)ccc3C)c(Cl)c2)cc1)C(=O)Nc1cc(C)ccc1C. The number of anilines is 2. The van der Waals surface area contributed by atoms with Gasteiger partial charge in [-0.1, -0.05) is 59.6 Å². The number of rotatable bonds is 11. The fourth-order valence-corrected chi connectivity index (χ4v) is 5.13. The number of hydrogen-bond acceptors (Lipinski definition) is 8. The molecule has 2 amide bonds. The normalized spacial score (nSPS) is 12.6. The minimum Gasteiger partial charge on any atom is -0.324 e. The van der Waals surface area contributed by atoms with E-state index in [0.29, 0.717) is 22.6 Å². The summed E-state index contributed by atoms with van der Waals surface area (Å²) >= 11 is 13.0. The number of Topliss-reactive ketones (excluding diaryl/α,β-unsaturated/α-hetero) is 2. The van der Waals surface area contributed by atoms with Crippen molar-refractivity contribution in [2.45, 2.75) is 53.6 Å². The van der Waals surface area contributed by atoms with Crippen LogP contribution in [0.1, 0.15) is 36.1 Å². The Balaban J connectivity index is 1.48. The van der Waals surface area contributed by atoms with Gasteiger partial charge in [0.2, 0.25) is 12.1 Å². The summed E-state index contributed by atoms with van der Waals surface area (Å²) in [6, 6.07) is 18.6. The van der Waals surface area contributed by atoms with E-state index in [1.165, 1.54) is 13.8 Å². The van der Waals surface area contributed by atoms with Gasteiger partial charge in [0.25, 0.3) is 11.8 Å². The van der Waals surface area contributed by atoms with E-state index in [1.807, 2.05) is 58.0 Å². The molecule has 2 N–H and O–H groups in total. The standard InChI is InChI=1S/C36H34Cl2N6O4/c1-19-7-9-21(3)30(15-19)39-35(47)32(23(5)45)42-41-27-13-11-25(12-14-27)26-17-28(37)34(29(38)18-26)44-43-33(24(6)46)36(48)40-31-16-20(2)8-10-22(31)4/h7-18,32-33H,1-6H3,(H,39,47)(H,40,48). The third kappa shape index (κ3) is 9.05. The van der Waals surface area contributed by atoms with Crippen LogP contribution in [0.3, 0.4) is 0 Å². The lowest BCUT2D eigenvalue weighted by Crippen LogP contribution is -2.32. The van der Waals surface area contributed by atoms with E-state index < -0.39 is 35.5 Å². The average Bonchev–Trinajstić information content (AvgIpc) is 3.02. The monoisotopic (exact) mass is 684 g/mol. The molecule has 0 saturated heterocycles. The molecule has 0 radical (unpaired) electrons. The van der Waals surface area contributed by atoms with E-state index >= 15 is 0 Å². The first-order chi connectivity index (χ1) is 22.7. The number of nitrogens with zero attached hydrogens (tertiary/aromatic N) is 4. The third-order valence-electron chi connectivity index (χ3n) is 7.35. The second-order valence-electron chi connectivity index (χ2n) is 11.4. The summed E-state index contributed by atoms with van der Waals surface area (Å²) in [5.74, 6) is -2.15. The minimum absolute atomic E-state index is 0.104. The maximum absolute atomic E-state index is 12.9. The van der Waals surface area contributed by atoms with Crippen LogP contribution in [0.25, 0.3) is 11.1 Å². The zero-order valence-corrected chi connectivity index (χ0v) is 28.8. The Morgan fingerprint density at radius 3 is 1.46 bits per heavy atom. The van der Waals surface area contributed by atoms with Crippen molar-refractivity contribution < 1.29 is 19.2 Å². The lowest BCUT2D eigenvalue weighted by molar-refractivity contribution is -0.127. The molecule has 2 unspecified atom stereocenters. The van der Waals surface area contributed by atoms with Crippen molar-refractivity contribution in [2.75, 3.05) is 10.6 Å². The van der Waals surface area contributed by atoms with E-state index in [1.54, 1.807) is 42.5 Å². The molecule has 0 aliphatic rings. The molecule has 0 bridgehead atoms. The van der Waals surface area contributed by atoms with Gasteiger partial charge < -0.3 is 10.6 Å². The predicted octanol–water partition coefficient (Wildman–Crippen LogP) is 9.25. The summed E-state index contributed by atoms with van der Waals surface area (Å²) in [5.41, 5.74) is 6.69. The zero-order valence-electron chi connectivity index (χ0n) is 27.3. The number of carbonyl (C=O) groups is 4. The van der Waals surface area contributed by atoms with Crippen molar-refractivity contribution in [3.05, 3.63) is 105 Å². The second kappa shape index (κ2) is 15.7. The van der Waals surface area contributed by atoms with Crippen LogP contribution in [0, 0.1) is 27.7 Å². The van der Waals surface area contributed by atoms with Crippen molar-refractivity contribution in [2.24, 2.45) is 20.5 Å². The molecule has 48 heavy (non-hydrogen) atoms. The highest BCUT2D eigenvalue weighted by Gasteiger charge is 2.25. The Bertz CT molecular complexity index is 1930. The number of hydrogen-bond donors (Lipinski definition) is 2. The van der Waals surface area contributed by atoms with Crippen LogP contribution in [0.2, 0.25) is 10.0 Å². The number of benzene rings is 4. The number of nitrogens with one attached hydrogen (secondary N) is 2. The van der Waals surface area contributed by atoms with Gasteiger partial charge in [0.15, 0.2) is 11.6 Å². The van der Waals surface area contributed by atoms with Gasteiger partial charge in [-0.3, -0.25) is 19.2 Å². The highest BCUT2D eigenvalue weighted by Crippen LogP contribution is 2.38. The summed E-state index contributed by atoms with van der Waals surface area (Å²) in [6.45, 7) is 10.0. The molecule has 4 aromatic rings. The van der Waals surface area contributed by atoms with Crippen LogP contribution in [0.15, 0.2) is 93.3 Å². The van der Waals surface area contributed by atoms with Crippen molar-refractivity contribution in [1.82, 2.24) is 0 Å². The molecule has 4 rings (SSSR count). The van der Waals surface area contributed by atoms with Crippen LogP contribution in [0.5, 0.6) is 0 Å². The van der Waals surface area contributed by atoms with E-state index in [0.717, 1.165) is 27.8 Å². The van der Waals surface area contributed by atoms with Crippen LogP contribution in [-0.2, 0) is 19.2 Å². The average molecular weight is 686 g/mol. The summed E-state index contributed by atoms with van der Waals surface area (Å²) in [4.78, 5) is 50.3. The van der Waals surface area contributed by atoms with Crippen LogP contribution in [-0.4, -0.2) is 35.5 Å². The molecule has 0 saturated carbocycles. The fourth-order valence-electron chi connectivity index (χ4n) is 4.57. The Morgan fingerprint density at radius 1 is 0.583 bits per heavy atom. The molecule has 0 aromatic heterocycles. The number of amides is 2. The third-order valence-corrected chi connectivity index (χ3v) is 7.92. The van der Waals surface area contributed by atoms with Crippen molar-refractivity contribution >= 4 is 69.3 Å². The number of ketones is 2. The van der Waals surface area contributed by atoms with Gasteiger partial charge in [-0.15, -0.1) is 0 Å². The van der Waals surface area contributed by atoms with Gasteiger partial charge in [-0.2, -0.15) is 20.5 Å². The highest BCUT2D eigenvalue weighted by atomic mass is 35.5. The number of halogens is 2. The Morgan fingerprint density at radius 2 is 1.02 bits per heavy atom. The highest BCUT2D eigenvalue weighted by molar-refractivity contribution is 6.39. The summed E-state index contributed by atoms with van der Waals surface area (Å²) < 4.78 is 0. The lowest BCUT2D eigenvalue weighted by Gasteiger charge is -2.12.